The molecule has 1 unspecified atom stereocenters. The second-order valence-electron chi connectivity index (χ2n) is 4.97. The van der Waals surface area contributed by atoms with Gasteiger partial charge in [-0.2, -0.15) is 0 Å². The fraction of sp³-hybridized carbons (Fsp3) is 0.692. The Kier molecular flexibility index (Phi) is 3.59. The van der Waals surface area contributed by atoms with E-state index in [9.17, 15) is 0 Å². The Morgan fingerprint density at radius 1 is 1.28 bits per heavy atom. The van der Waals surface area contributed by atoms with Crippen LogP contribution in [0.2, 0.25) is 0 Å². The highest BCUT2D eigenvalue weighted by atomic mass is 16.5. The molecule has 5 heteroatoms. The highest BCUT2D eigenvalue weighted by molar-refractivity contribution is 5.48. The van der Waals surface area contributed by atoms with Gasteiger partial charge in [0.2, 0.25) is 0 Å². The normalized spacial score (nSPS) is 23.6. The van der Waals surface area contributed by atoms with Crippen LogP contribution in [0.25, 0.3) is 0 Å². The number of anilines is 2. The molecule has 0 bridgehead atoms. The molecule has 0 aliphatic carbocycles. The fourth-order valence-corrected chi connectivity index (χ4v) is 2.59. The van der Waals surface area contributed by atoms with Crippen molar-refractivity contribution in [1.29, 1.82) is 0 Å². The summed E-state index contributed by atoms with van der Waals surface area (Å²) in [5.41, 5.74) is 0. The summed E-state index contributed by atoms with van der Waals surface area (Å²) in [4.78, 5) is 10.9. The first kappa shape index (κ1) is 11.7. The van der Waals surface area contributed by atoms with E-state index in [4.69, 9.17) is 4.74 Å². The van der Waals surface area contributed by atoms with Crippen molar-refractivity contribution >= 4 is 11.6 Å². The van der Waals surface area contributed by atoms with Crippen LogP contribution in [0.15, 0.2) is 12.4 Å². The first-order valence-electron chi connectivity index (χ1n) is 6.84. The molecule has 2 aliphatic heterocycles. The first-order valence-corrected chi connectivity index (χ1v) is 6.84. The Labute approximate surface area is 108 Å². The summed E-state index contributed by atoms with van der Waals surface area (Å²) >= 11 is 0. The highest BCUT2D eigenvalue weighted by Crippen LogP contribution is 2.19. The second-order valence-corrected chi connectivity index (χ2v) is 4.97. The van der Waals surface area contributed by atoms with E-state index in [-0.39, 0.29) is 0 Å². The summed E-state index contributed by atoms with van der Waals surface area (Å²) in [6.07, 6.45) is 6.85. The van der Waals surface area contributed by atoms with Crippen LogP contribution in [0, 0.1) is 0 Å². The molecule has 2 aliphatic rings. The second kappa shape index (κ2) is 5.52. The Morgan fingerprint density at radius 3 is 2.94 bits per heavy atom. The van der Waals surface area contributed by atoms with Crippen LogP contribution in [0.1, 0.15) is 25.7 Å². The maximum absolute atomic E-state index is 5.59. The van der Waals surface area contributed by atoms with Crippen molar-refractivity contribution in [3.05, 3.63) is 12.4 Å². The number of rotatable bonds is 4. The summed E-state index contributed by atoms with van der Waals surface area (Å²) in [5.74, 6) is 1.94. The Hall–Kier alpha value is -1.36. The number of nitrogens with zero attached hydrogens (tertiary/aromatic N) is 3. The van der Waals surface area contributed by atoms with Gasteiger partial charge in [-0.25, -0.2) is 9.97 Å². The van der Waals surface area contributed by atoms with Crippen molar-refractivity contribution < 1.29 is 4.74 Å². The molecule has 0 aromatic carbocycles. The van der Waals surface area contributed by atoms with E-state index in [1.165, 1.54) is 19.3 Å². The number of nitrogens with one attached hydrogen (secondary N) is 1. The Morgan fingerprint density at radius 2 is 2.17 bits per heavy atom. The molecule has 1 aromatic rings. The van der Waals surface area contributed by atoms with Gasteiger partial charge in [-0.15, -0.1) is 0 Å². The third-order valence-corrected chi connectivity index (χ3v) is 3.62. The predicted molar refractivity (Wildman–Crippen MR) is 70.9 cm³/mol. The lowest BCUT2D eigenvalue weighted by Gasteiger charge is -2.17. The third kappa shape index (κ3) is 2.72. The summed E-state index contributed by atoms with van der Waals surface area (Å²) < 4.78 is 5.59. The van der Waals surface area contributed by atoms with Gasteiger partial charge >= 0.3 is 0 Å². The van der Waals surface area contributed by atoms with E-state index in [2.05, 4.69) is 20.2 Å². The summed E-state index contributed by atoms with van der Waals surface area (Å²) in [6, 6.07) is 2.04. The third-order valence-electron chi connectivity index (χ3n) is 3.62. The van der Waals surface area contributed by atoms with Crippen LogP contribution in [0.5, 0.6) is 0 Å². The smallest absolute Gasteiger partial charge is 0.134 e. The highest BCUT2D eigenvalue weighted by Gasteiger charge is 2.16. The summed E-state index contributed by atoms with van der Waals surface area (Å²) in [7, 11) is 0. The van der Waals surface area contributed by atoms with Gasteiger partial charge in [0.1, 0.15) is 18.0 Å². The van der Waals surface area contributed by atoms with Crippen molar-refractivity contribution in [2.24, 2.45) is 0 Å². The number of hydrogen-bond donors (Lipinski definition) is 1. The van der Waals surface area contributed by atoms with Crippen LogP contribution >= 0.6 is 0 Å². The molecular weight excluding hydrogens is 228 g/mol. The minimum absolute atomic E-state index is 0.343. The molecule has 3 rings (SSSR count). The van der Waals surface area contributed by atoms with Crippen LogP contribution in [-0.2, 0) is 4.74 Å². The molecule has 2 saturated heterocycles. The molecule has 0 amide bonds. The SMILES string of the molecule is c1nc(NCC2CCCO2)cc(N2CCCC2)n1. The average molecular weight is 248 g/mol. The molecule has 98 valence electrons. The largest absolute Gasteiger partial charge is 0.376 e. The quantitative estimate of drug-likeness (QED) is 0.878. The minimum Gasteiger partial charge on any atom is -0.376 e. The van der Waals surface area contributed by atoms with Gasteiger partial charge in [0, 0.05) is 32.3 Å². The van der Waals surface area contributed by atoms with E-state index in [0.717, 1.165) is 44.3 Å². The summed E-state index contributed by atoms with van der Waals surface area (Å²) in [5, 5.41) is 3.35. The molecular formula is C13H20N4O. The van der Waals surface area contributed by atoms with Gasteiger partial charge in [0.15, 0.2) is 0 Å². The van der Waals surface area contributed by atoms with E-state index < -0.39 is 0 Å². The fourth-order valence-electron chi connectivity index (χ4n) is 2.59. The summed E-state index contributed by atoms with van der Waals surface area (Å²) in [6.45, 7) is 3.97. The Bertz CT molecular complexity index is 386. The van der Waals surface area contributed by atoms with Gasteiger partial charge in [-0.3, -0.25) is 0 Å². The lowest BCUT2D eigenvalue weighted by molar-refractivity contribution is 0.120. The van der Waals surface area contributed by atoms with Gasteiger partial charge in [0.05, 0.1) is 6.10 Å². The zero-order chi connectivity index (χ0) is 12.2. The monoisotopic (exact) mass is 248 g/mol. The van der Waals surface area contributed by atoms with Crippen LogP contribution in [0.4, 0.5) is 11.6 Å². The van der Waals surface area contributed by atoms with Crippen LogP contribution < -0.4 is 10.2 Å². The number of hydrogen-bond acceptors (Lipinski definition) is 5. The van der Waals surface area contributed by atoms with Crippen molar-refractivity contribution in [3.8, 4) is 0 Å². The topological polar surface area (TPSA) is 50.3 Å². The molecule has 0 saturated carbocycles. The predicted octanol–water partition coefficient (Wildman–Crippen LogP) is 1.67. The van der Waals surface area contributed by atoms with Crippen LogP contribution in [0.3, 0.4) is 0 Å². The minimum atomic E-state index is 0.343. The zero-order valence-electron chi connectivity index (χ0n) is 10.6. The maximum Gasteiger partial charge on any atom is 0.134 e. The van der Waals surface area contributed by atoms with Crippen molar-refractivity contribution in [2.45, 2.75) is 31.8 Å². The first-order chi connectivity index (χ1) is 8.92. The Balaban J connectivity index is 1.59. The van der Waals surface area contributed by atoms with Gasteiger partial charge < -0.3 is 15.0 Å². The molecule has 18 heavy (non-hydrogen) atoms. The van der Waals surface area contributed by atoms with E-state index in [1.54, 1.807) is 6.33 Å². The molecule has 1 atom stereocenters. The molecule has 1 N–H and O–H groups in total. The van der Waals surface area contributed by atoms with Crippen molar-refractivity contribution in [3.63, 3.8) is 0 Å². The maximum atomic E-state index is 5.59. The lowest BCUT2D eigenvalue weighted by Crippen LogP contribution is -2.21. The van der Waals surface area contributed by atoms with Gasteiger partial charge in [0.25, 0.3) is 0 Å². The zero-order valence-corrected chi connectivity index (χ0v) is 10.6. The van der Waals surface area contributed by atoms with Gasteiger partial charge in [-0.05, 0) is 25.7 Å². The lowest BCUT2D eigenvalue weighted by atomic mass is 10.2. The number of ether oxygens (including phenoxy) is 1. The van der Waals surface area contributed by atoms with Crippen molar-refractivity contribution in [2.75, 3.05) is 36.5 Å². The molecule has 5 nitrogen and oxygen atoms in total. The molecule has 2 fully saturated rings. The van der Waals surface area contributed by atoms with Gasteiger partial charge in [-0.1, -0.05) is 0 Å². The van der Waals surface area contributed by atoms with Crippen molar-refractivity contribution in [1.82, 2.24) is 9.97 Å². The standard InChI is InChI=1S/C13H20N4O/c1-2-6-17(5-1)13-8-12(15-10-16-13)14-9-11-4-3-7-18-11/h8,10-11H,1-7,9H2,(H,14,15,16). The van der Waals surface area contributed by atoms with Crippen LogP contribution in [-0.4, -0.2) is 42.3 Å². The van der Waals surface area contributed by atoms with E-state index in [1.807, 2.05) is 6.07 Å². The number of aromatic nitrogens is 2. The molecule has 1 aromatic heterocycles. The van der Waals surface area contributed by atoms with E-state index >= 15 is 0 Å². The molecule has 0 spiro atoms. The average Bonchev–Trinajstić information content (AvgIpc) is 3.10. The van der Waals surface area contributed by atoms with E-state index in [0.29, 0.717) is 6.10 Å². The molecule has 0 radical (unpaired) electrons. The molecule has 3 heterocycles.